The van der Waals surface area contributed by atoms with Gasteiger partial charge in [0, 0.05) is 11.3 Å². The van der Waals surface area contributed by atoms with Gasteiger partial charge < -0.3 is 0 Å². The first-order valence-corrected chi connectivity index (χ1v) is 16.1. The summed E-state index contributed by atoms with van der Waals surface area (Å²) in [6.45, 7) is 0. The molecule has 0 amide bonds. The van der Waals surface area contributed by atoms with E-state index in [9.17, 15) is 0 Å². The van der Waals surface area contributed by atoms with Crippen LogP contribution in [0.5, 0.6) is 0 Å². The van der Waals surface area contributed by atoms with E-state index < -0.39 is 0 Å². The molecule has 1 aromatic heterocycles. The van der Waals surface area contributed by atoms with Gasteiger partial charge in [0.25, 0.3) is 0 Å². The zero-order valence-corrected chi connectivity index (χ0v) is 25.7. The van der Waals surface area contributed by atoms with E-state index in [2.05, 4.69) is 180 Å². The number of hydrogen-bond donors (Lipinski definition) is 0. The van der Waals surface area contributed by atoms with Crippen LogP contribution in [-0.4, -0.2) is 9.55 Å². The molecule has 9 aromatic rings. The van der Waals surface area contributed by atoms with Crippen LogP contribution in [0.15, 0.2) is 182 Å². The lowest BCUT2D eigenvalue weighted by Crippen LogP contribution is -1.97. The average molecular weight is 599 g/mol. The highest BCUT2D eigenvalue weighted by molar-refractivity contribution is 6.21. The summed E-state index contributed by atoms with van der Waals surface area (Å²) in [5, 5.41) is 5.01. The SMILES string of the molecule is c1ccc(-c2ccc(-c3c4ccccc4c(-c4ccc(-n5c(-c6ccccc6)nc6ccccc65)cc4)c4ccccc34)cc2)cc1. The molecule has 220 valence electrons. The Morgan fingerprint density at radius 1 is 0.319 bits per heavy atom. The first-order chi connectivity index (χ1) is 23.3. The van der Waals surface area contributed by atoms with Crippen molar-refractivity contribution in [2.45, 2.75) is 0 Å². The van der Waals surface area contributed by atoms with Gasteiger partial charge in [0.1, 0.15) is 5.82 Å². The predicted molar refractivity (Wildman–Crippen MR) is 198 cm³/mol. The maximum absolute atomic E-state index is 5.05. The lowest BCUT2D eigenvalue weighted by atomic mass is 9.85. The molecule has 0 atom stereocenters. The van der Waals surface area contributed by atoms with Gasteiger partial charge in [-0.3, -0.25) is 4.57 Å². The molecular weight excluding hydrogens is 569 g/mol. The fourth-order valence-corrected chi connectivity index (χ4v) is 7.06. The van der Waals surface area contributed by atoms with Crippen LogP contribution in [0.25, 0.3) is 83.0 Å². The number of rotatable bonds is 5. The van der Waals surface area contributed by atoms with Crippen molar-refractivity contribution in [1.82, 2.24) is 9.55 Å². The number of nitrogens with zero attached hydrogens (tertiary/aromatic N) is 2. The number of para-hydroxylation sites is 2. The summed E-state index contributed by atoms with van der Waals surface area (Å²) in [6, 6.07) is 65.1. The van der Waals surface area contributed by atoms with Crippen LogP contribution >= 0.6 is 0 Å². The molecule has 8 aromatic carbocycles. The zero-order chi connectivity index (χ0) is 31.2. The van der Waals surface area contributed by atoms with Gasteiger partial charge in [-0.15, -0.1) is 0 Å². The number of imidazole rings is 1. The molecule has 2 nitrogen and oxygen atoms in total. The van der Waals surface area contributed by atoms with Gasteiger partial charge in [0.05, 0.1) is 11.0 Å². The number of fused-ring (bicyclic) bond motifs is 3. The van der Waals surface area contributed by atoms with Crippen molar-refractivity contribution in [3.8, 4) is 50.5 Å². The fraction of sp³-hybridized carbons (Fsp3) is 0. The summed E-state index contributed by atoms with van der Waals surface area (Å²) in [7, 11) is 0. The number of hydrogen-bond acceptors (Lipinski definition) is 1. The second-order valence-corrected chi connectivity index (χ2v) is 12.0. The van der Waals surface area contributed by atoms with Gasteiger partial charge in [-0.25, -0.2) is 4.98 Å². The second kappa shape index (κ2) is 11.3. The van der Waals surface area contributed by atoms with Crippen molar-refractivity contribution in [3.63, 3.8) is 0 Å². The zero-order valence-electron chi connectivity index (χ0n) is 25.7. The molecule has 0 N–H and O–H groups in total. The molecular formula is C45H30N2. The van der Waals surface area contributed by atoms with Gasteiger partial charge in [-0.05, 0) is 79.2 Å². The first-order valence-electron chi connectivity index (χ1n) is 16.1. The van der Waals surface area contributed by atoms with Crippen molar-refractivity contribution in [2.75, 3.05) is 0 Å². The van der Waals surface area contributed by atoms with Gasteiger partial charge in [-0.1, -0.05) is 158 Å². The maximum Gasteiger partial charge on any atom is 0.145 e. The first kappa shape index (κ1) is 27.1. The lowest BCUT2D eigenvalue weighted by molar-refractivity contribution is 1.10. The Hall–Kier alpha value is -6.25. The molecule has 0 radical (unpaired) electrons. The summed E-state index contributed by atoms with van der Waals surface area (Å²) >= 11 is 0. The smallest absolute Gasteiger partial charge is 0.145 e. The highest BCUT2D eigenvalue weighted by atomic mass is 15.1. The van der Waals surface area contributed by atoms with E-state index in [0.717, 1.165) is 28.1 Å². The molecule has 1 heterocycles. The fourth-order valence-electron chi connectivity index (χ4n) is 7.06. The van der Waals surface area contributed by atoms with Crippen LogP contribution in [0, 0.1) is 0 Å². The number of benzene rings is 8. The highest BCUT2D eigenvalue weighted by Gasteiger charge is 2.18. The third-order valence-electron chi connectivity index (χ3n) is 9.22. The monoisotopic (exact) mass is 598 g/mol. The molecule has 0 aliphatic rings. The van der Waals surface area contributed by atoms with E-state index in [-0.39, 0.29) is 0 Å². The molecule has 9 rings (SSSR count). The second-order valence-electron chi connectivity index (χ2n) is 12.0. The molecule has 0 fully saturated rings. The Morgan fingerprint density at radius 2 is 0.723 bits per heavy atom. The normalized spacial score (nSPS) is 11.4. The summed E-state index contributed by atoms with van der Waals surface area (Å²) in [6.07, 6.45) is 0. The molecule has 2 heteroatoms. The van der Waals surface area contributed by atoms with Crippen molar-refractivity contribution >= 4 is 32.6 Å². The van der Waals surface area contributed by atoms with E-state index in [0.29, 0.717) is 0 Å². The minimum atomic E-state index is 0.943. The third kappa shape index (κ3) is 4.62. The molecule has 0 saturated carbocycles. The summed E-state index contributed by atoms with van der Waals surface area (Å²) in [4.78, 5) is 5.05. The van der Waals surface area contributed by atoms with Gasteiger partial charge >= 0.3 is 0 Å². The van der Waals surface area contributed by atoms with Gasteiger partial charge in [0.15, 0.2) is 0 Å². The molecule has 0 unspecified atom stereocenters. The molecule has 0 bridgehead atoms. The van der Waals surface area contributed by atoms with Crippen LogP contribution < -0.4 is 0 Å². The molecule has 0 aliphatic carbocycles. The quantitative estimate of drug-likeness (QED) is 0.180. The maximum atomic E-state index is 5.05. The topological polar surface area (TPSA) is 17.8 Å². The van der Waals surface area contributed by atoms with E-state index in [1.807, 2.05) is 6.07 Å². The third-order valence-corrected chi connectivity index (χ3v) is 9.22. The van der Waals surface area contributed by atoms with Crippen molar-refractivity contribution in [1.29, 1.82) is 0 Å². The van der Waals surface area contributed by atoms with Crippen LogP contribution in [0.2, 0.25) is 0 Å². The Balaban J connectivity index is 1.21. The van der Waals surface area contributed by atoms with Crippen molar-refractivity contribution in [2.24, 2.45) is 0 Å². The van der Waals surface area contributed by atoms with Gasteiger partial charge in [-0.2, -0.15) is 0 Å². The van der Waals surface area contributed by atoms with Gasteiger partial charge in [0.2, 0.25) is 0 Å². The van der Waals surface area contributed by atoms with E-state index in [1.165, 1.54) is 54.9 Å². The highest BCUT2D eigenvalue weighted by Crippen LogP contribution is 2.44. The standard InChI is InChI=1S/C45H30N2/c1-3-13-31(14-4-1)32-23-25-33(26-24-32)43-37-17-7-9-19-39(37)44(40-20-10-8-18-38(40)43)34-27-29-36(30-28-34)47-42-22-12-11-21-41(42)46-45(47)35-15-5-2-6-16-35/h1-30H. The largest absolute Gasteiger partial charge is 0.292 e. The molecule has 47 heavy (non-hydrogen) atoms. The van der Waals surface area contributed by atoms with E-state index in [4.69, 9.17) is 4.98 Å². The number of aromatic nitrogens is 2. The van der Waals surface area contributed by atoms with Crippen LogP contribution in [0.4, 0.5) is 0 Å². The van der Waals surface area contributed by atoms with Crippen LogP contribution in [-0.2, 0) is 0 Å². The Kier molecular flexibility index (Phi) is 6.50. The van der Waals surface area contributed by atoms with Crippen LogP contribution in [0.1, 0.15) is 0 Å². The molecule has 0 spiro atoms. The van der Waals surface area contributed by atoms with Crippen LogP contribution in [0.3, 0.4) is 0 Å². The average Bonchev–Trinajstić information content (AvgIpc) is 3.54. The van der Waals surface area contributed by atoms with E-state index in [1.54, 1.807) is 0 Å². The Labute approximate surface area is 273 Å². The Bertz CT molecular complexity index is 2470. The minimum absolute atomic E-state index is 0.943. The summed E-state index contributed by atoms with van der Waals surface area (Å²) < 4.78 is 2.27. The minimum Gasteiger partial charge on any atom is -0.292 e. The van der Waals surface area contributed by atoms with Crippen molar-refractivity contribution < 1.29 is 0 Å². The van der Waals surface area contributed by atoms with Crippen molar-refractivity contribution in [3.05, 3.63) is 182 Å². The predicted octanol–water partition coefficient (Wildman–Crippen LogP) is 12.0. The summed E-state index contributed by atoms with van der Waals surface area (Å²) in [5.74, 6) is 0.943. The molecule has 0 saturated heterocycles. The van der Waals surface area contributed by atoms with E-state index >= 15 is 0 Å². The molecule has 0 aliphatic heterocycles. The Morgan fingerprint density at radius 3 is 1.28 bits per heavy atom. The lowest BCUT2D eigenvalue weighted by Gasteiger charge is -2.18. The summed E-state index contributed by atoms with van der Waals surface area (Å²) in [5.41, 5.74) is 11.7.